The average molecular weight is 269 g/mol. The minimum absolute atomic E-state index is 0.407. The van der Waals surface area contributed by atoms with Gasteiger partial charge < -0.3 is 8.85 Å². The number of alkyl halides is 1. The third-order valence-electron chi connectivity index (χ3n) is 2.11. The fourth-order valence-electron chi connectivity index (χ4n) is 1.45. The molecule has 80 valence electrons. The molecule has 0 aromatic carbocycles. The van der Waals surface area contributed by atoms with Gasteiger partial charge in [-0.1, -0.05) is 29.8 Å². The molecule has 0 aromatic heterocycles. The van der Waals surface area contributed by atoms with E-state index in [0.717, 1.165) is 25.7 Å². The van der Waals surface area contributed by atoms with Gasteiger partial charge in [0, 0.05) is 13.2 Å². The minimum Gasteiger partial charge on any atom is -0.394 e. The lowest BCUT2D eigenvalue weighted by molar-refractivity contribution is 0.182. The molecule has 0 aliphatic carbocycles. The lowest BCUT2D eigenvalue weighted by Gasteiger charge is -2.32. The van der Waals surface area contributed by atoms with E-state index in [1.54, 1.807) is 0 Å². The van der Waals surface area contributed by atoms with E-state index in [-0.39, 0.29) is 0 Å². The van der Waals surface area contributed by atoms with Crippen LogP contribution in [0, 0.1) is 0 Å². The fraction of sp³-hybridized carbons (Fsp3) is 1.00. The monoisotopic (exact) mass is 268 g/mol. The van der Waals surface area contributed by atoms with Crippen molar-refractivity contribution in [2.24, 2.45) is 0 Å². The Kier molecular flexibility index (Phi) is 7.31. The van der Waals surface area contributed by atoms with Gasteiger partial charge in [0.25, 0.3) is 0 Å². The van der Waals surface area contributed by atoms with E-state index in [1.807, 2.05) is 13.8 Å². The standard InChI is InChI=1S/C9H21BrO2Si/c1-5-9(10)13(8-4,11-6-2)12-7-3/h9H,5-8H2,1-4H3. The molecule has 13 heavy (non-hydrogen) atoms. The highest BCUT2D eigenvalue weighted by atomic mass is 79.9. The van der Waals surface area contributed by atoms with E-state index in [0.29, 0.717) is 4.45 Å². The maximum Gasteiger partial charge on any atom is 0.351 e. The smallest absolute Gasteiger partial charge is 0.351 e. The molecule has 2 nitrogen and oxygen atoms in total. The molecule has 1 atom stereocenters. The first-order valence-corrected chi connectivity index (χ1v) is 8.10. The summed E-state index contributed by atoms with van der Waals surface area (Å²) in [5.41, 5.74) is 0. The molecule has 0 aliphatic heterocycles. The highest BCUT2D eigenvalue weighted by molar-refractivity contribution is 9.10. The second-order valence-electron chi connectivity index (χ2n) is 2.91. The highest BCUT2D eigenvalue weighted by Crippen LogP contribution is 2.26. The van der Waals surface area contributed by atoms with Crippen LogP contribution in [0.5, 0.6) is 0 Å². The molecule has 0 rings (SSSR count). The van der Waals surface area contributed by atoms with Crippen molar-refractivity contribution in [1.82, 2.24) is 0 Å². The van der Waals surface area contributed by atoms with Crippen LogP contribution in [-0.4, -0.2) is 26.2 Å². The van der Waals surface area contributed by atoms with Crippen molar-refractivity contribution < 1.29 is 8.85 Å². The number of hydrogen-bond donors (Lipinski definition) is 0. The van der Waals surface area contributed by atoms with Crippen LogP contribution < -0.4 is 0 Å². The topological polar surface area (TPSA) is 18.5 Å². The molecule has 0 N–H and O–H groups in total. The number of hydrogen-bond acceptors (Lipinski definition) is 2. The van der Waals surface area contributed by atoms with Crippen LogP contribution >= 0.6 is 15.9 Å². The Bertz CT molecular complexity index is 127. The summed E-state index contributed by atoms with van der Waals surface area (Å²) in [4.78, 5) is 0. The molecule has 0 fully saturated rings. The summed E-state index contributed by atoms with van der Waals surface area (Å²) < 4.78 is 12.1. The van der Waals surface area contributed by atoms with Crippen molar-refractivity contribution in [3.8, 4) is 0 Å². The lowest BCUT2D eigenvalue weighted by Crippen LogP contribution is -2.50. The molecule has 4 heteroatoms. The van der Waals surface area contributed by atoms with Gasteiger partial charge >= 0.3 is 8.56 Å². The van der Waals surface area contributed by atoms with Crippen LogP contribution in [0.4, 0.5) is 0 Å². The zero-order valence-electron chi connectivity index (χ0n) is 9.10. The Labute approximate surface area is 91.4 Å². The first-order chi connectivity index (χ1) is 6.16. The third-order valence-corrected chi connectivity index (χ3v) is 8.75. The van der Waals surface area contributed by atoms with Gasteiger partial charge in [-0.2, -0.15) is 0 Å². The van der Waals surface area contributed by atoms with Crippen molar-refractivity contribution in [3.05, 3.63) is 0 Å². The molecule has 0 heterocycles. The van der Waals surface area contributed by atoms with E-state index in [1.165, 1.54) is 0 Å². The van der Waals surface area contributed by atoms with Crippen LogP contribution in [0.15, 0.2) is 0 Å². The average Bonchev–Trinajstić information content (AvgIpc) is 2.16. The maximum absolute atomic E-state index is 5.84. The van der Waals surface area contributed by atoms with Crippen molar-refractivity contribution in [2.75, 3.05) is 13.2 Å². The molecular weight excluding hydrogens is 248 g/mol. The van der Waals surface area contributed by atoms with E-state index in [2.05, 4.69) is 29.8 Å². The van der Waals surface area contributed by atoms with Crippen molar-refractivity contribution in [3.63, 3.8) is 0 Å². The Hall–Kier alpha value is 0.617. The van der Waals surface area contributed by atoms with Crippen LogP contribution in [-0.2, 0) is 8.85 Å². The van der Waals surface area contributed by atoms with Gasteiger partial charge in [0.05, 0.1) is 4.45 Å². The normalized spacial score (nSPS) is 14.5. The molecule has 0 amide bonds. The number of halogens is 1. The summed E-state index contributed by atoms with van der Waals surface area (Å²) in [6.45, 7) is 9.89. The van der Waals surface area contributed by atoms with Crippen molar-refractivity contribution in [1.29, 1.82) is 0 Å². The number of rotatable bonds is 7. The Morgan fingerprint density at radius 3 is 1.77 bits per heavy atom. The van der Waals surface area contributed by atoms with Crippen LogP contribution in [0.2, 0.25) is 6.04 Å². The lowest BCUT2D eigenvalue weighted by atomic mass is 10.6. The first-order valence-electron chi connectivity index (χ1n) is 5.08. The fourth-order valence-corrected chi connectivity index (χ4v) is 6.11. The van der Waals surface area contributed by atoms with Crippen molar-refractivity contribution in [2.45, 2.75) is 44.6 Å². The van der Waals surface area contributed by atoms with Gasteiger partial charge in [-0.25, -0.2) is 0 Å². The maximum atomic E-state index is 5.84. The molecule has 0 aromatic rings. The molecule has 0 saturated heterocycles. The summed E-state index contributed by atoms with van der Waals surface area (Å²) in [5, 5.41) is 0. The van der Waals surface area contributed by atoms with Gasteiger partial charge in [-0.15, -0.1) is 0 Å². The molecule has 0 saturated carbocycles. The first kappa shape index (κ1) is 13.6. The molecule has 0 aliphatic rings. The van der Waals surface area contributed by atoms with Gasteiger partial charge in [-0.05, 0) is 26.3 Å². The highest BCUT2D eigenvalue weighted by Gasteiger charge is 2.41. The molecule has 0 bridgehead atoms. The molecule has 0 radical (unpaired) electrons. The second kappa shape index (κ2) is 6.98. The van der Waals surface area contributed by atoms with Crippen LogP contribution in [0.3, 0.4) is 0 Å². The van der Waals surface area contributed by atoms with Gasteiger partial charge in [0.1, 0.15) is 0 Å². The van der Waals surface area contributed by atoms with Crippen LogP contribution in [0.1, 0.15) is 34.1 Å². The van der Waals surface area contributed by atoms with E-state index in [4.69, 9.17) is 8.85 Å². The van der Waals surface area contributed by atoms with E-state index < -0.39 is 8.56 Å². The quantitative estimate of drug-likeness (QED) is 0.522. The molecule has 0 spiro atoms. The summed E-state index contributed by atoms with van der Waals surface area (Å²) in [7, 11) is -1.96. The summed E-state index contributed by atoms with van der Waals surface area (Å²) in [5.74, 6) is 0. The predicted molar refractivity (Wildman–Crippen MR) is 62.5 cm³/mol. The SMILES string of the molecule is CCO[Si](CC)(OCC)C(Br)CC. The van der Waals surface area contributed by atoms with Gasteiger partial charge in [-0.3, -0.25) is 0 Å². The minimum atomic E-state index is -1.96. The zero-order chi connectivity index (χ0) is 10.3. The summed E-state index contributed by atoms with van der Waals surface area (Å²) >= 11 is 3.67. The third kappa shape index (κ3) is 3.70. The van der Waals surface area contributed by atoms with E-state index in [9.17, 15) is 0 Å². The Morgan fingerprint density at radius 2 is 1.54 bits per heavy atom. The molecule has 1 unspecified atom stereocenters. The van der Waals surface area contributed by atoms with Crippen molar-refractivity contribution >= 4 is 24.5 Å². The van der Waals surface area contributed by atoms with Gasteiger partial charge in [0.15, 0.2) is 0 Å². The molecular formula is C9H21BrO2Si. The van der Waals surface area contributed by atoms with Gasteiger partial charge in [0.2, 0.25) is 0 Å². The second-order valence-corrected chi connectivity index (χ2v) is 8.46. The predicted octanol–water partition coefficient (Wildman–Crippen LogP) is 3.23. The largest absolute Gasteiger partial charge is 0.394 e. The summed E-state index contributed by atoms with van der Waals surface area (Å²) in [6, 6.07) is 1.01. The zero-order valence-corrected chi connectivity index (χ0v) is 11.7. The Morgan fingerprint density at radius 1 is 1.08 bits per heavy atom. The summed E-state index contributed by atoms with van der Waals surface area (Å²) in [6.07, 6.45) is 1.07. The Balaban J connectivity index is 4.42. The van der Waals surface area contributed by atoms with Crippen LogP contribution in [0.25, 0.3) is 0 Å². The van der Waals surface area contributed by atoms with E-state index >= 15 is 0 Å².